The molecule has 0 bridgehead atoms. The number of rotatable bonds is 5. The minimum atomic E-state index is -0.114. The van der Waals surface area contributed by atoms with Crippen LogP contribution in [0.3, 0.4) is 0 Å². The Morgan fingerprint density at radius 3 is 2.45 bits per heavy atom. The summed E-state index contributed by atoms with van der Waals surface area (Å²) < 4.78 is 17.9. The van der Waals surface area contributed by atoms with Crippen LogP contribution in [0, 0.1) is 12.7 Å². The summed E-state index contributed by atoms with van der Waals surface area (Å²) in [6.07, 6.45) is 6.66. The standard InChI is InChI=1S/C27H31FN/c1-5-7-15-27(6-2)20(4)29-18-19(3)13-14-26(29)23-16-22(25(28)17-24(23)27)21-11-9-8-10-12-21/h8-14,16-18,20H,5-7,15H2,1-4H3/q+1. The molecule has 2 unspecified atom stereocenters. The molecular formula is C27H31FN+. The van der Waals surface area contributed by atoms with Crippen LogP contribution in [0.4, 0.5) is 4.39 Å². The maximum atomic E-state index is 15.4. The van der Waals surface area contributed by atoms with Crippen molar-refractivity contribution in [2.24, 2.45) is 0 Å². The van der Waals surface area contributed by atoms with Crippen molar-refractivity contribution in [1.29, 1.82) is 0 Å². The van der Waals surface area contributed by atoms with E-state index in [2.05, 4.69) is 56.7 Å². The van der Waals surface area contributed by atoms with E-state index in [-0.39, 0.29) is 11.2 Å². The zero-order chi connectivity index (χ0) is 20.6. The second-order valence-electron chi connectivity index (χ2n) is 8.53. The fourth-order valence-electron chi connectivity index (χ4n) is 5.20. The predicted octanol–water partition coefficient (Wildman–Crippen LogP) is 7.17. The highest BCUT2D eigenvalue weighted by atomic mass is 19.1. The van der Waals surface area contributed by atoms with Gasteiger partial charge < -0.3 is 0 Å². The summed E-state index contributed by atoms with van der Waals surface area (Å²) in [6.45, 7) is 8.96. The molecule has 150 valence electrons. The highest BCUT2D eigenvalue weighted by Gasteiger charge is 2.48. The van der Waals surface area contributed by atoms with Crippen molar-refractivity contribution in [3.05, 3.63) is 77.7 Å². The number of benzene rings is 2. The van der Waals surface area contributed by atoms with Gasteiger partial charge in [0.15, 0.2) is 12.2 Å². The molecule has 2 aromatic carbocycles. The summed E-state index contributed by atoms with van der Waals surface area (Å²) in [5.74, 6) is -0.114. The van der Waals surface area contributed by atoms with Crippen molar-refractivity contribution in [2.75, 3.05) is 0 Å². The lowest BCUT2D eigenvalue weighted by molar-refractivity contribution is -0.721. The Morgan fingerprint density at radius 2 is 1.76 bits per heavy atom. The Labute approximate surface area is 174 Å². The lowest BCUT2D eigenvalue weighted by atomic mass is 9.65. The highest BCUT2D eigenvalue weighted by Crippen LogP contribution is 2.49. The molecule has 29 heavy (non-hydrogen) atoms. The van der Waals surface area contributed by atoms with Gasteiger partial charge in [0.05, 0.1) is 11.0 Å². The lowest BCUT2D eigenvalue weighted by Gasteiger charge is -2.40. The molecule has 0 saturated carbocycles. The average Bonchev–Trinajstić information content (AvgIpc) is 2.74. The third kappa shape index (κ3) is 3.19. The van der Waals surface area contributed by atoms with Crippen molar-refractivity contribution >= 4 is 0 Å². The molecule has 0 fully saturated rings. The molecule has 2 heterocycles. The molecule has 0 radical (unpaired) electrons. The van der Waals surface area contributed by atoms with E-state index >= 15 is 4.39 Å². The van der Waals surface area contributed by atoms with Crippen LogP contribution in [0.1, 0.15) is 63.6 Å². The molecule has 1 aromatic heterocycles. The van der Waals surface area contributed by atoms with E-state index in [0.717, 1.165) is 31.2 Å². The number of halogens is 1. The van der Waals surface area contributed by atoms with Crippen molar-refractivity contribution in [2.45, 2.75) is 64.8 Å². The summed E-state index contributed by atoms with van der Waals surface area (Å²) in [5.41, 5.74) is 6.38. The first-order valence-corrected chi connectivity index (χ1v) is 10.9. The van der Waals surface area contributed by atoms with Gasteiger partial charge in [-0.15, -0.1) is 0 Å². The number of hydrogen-bond donors (Lipinski definition) is 0. The fraction of sp³-hybridized carbons (Fsp3) is 0.370. The maximum absolute atomic E-state index is 15.4. The summed E-state index contributed by atoms with van der Waals surface area (Å²) in [7, 11) is 0. The first-order valence-electron chi connectivity index (χ1n) is 10.9. The van der Waals surface area contributed by atoms with E-state index < -0.39 is 0 Å². The van der Waals surface area contributed by atoms with E-state index in [1.807, 2.05) is 36.4 Å². The van der Waals surface area contributed by atoms with Gasteiger partial charge in [0.1, 0.15) is 5.82 Å². The molecule has 0 saturated heterocycles. The van der Waals surface area contributed by atoms with E-state index in [1.165, 1.54) is 22.4 Å². The first kappa shape index (κ1) is 19.8. The third-order valence-electron chi connectivity index (χ3n) is 6.95. The molecular weight excluding hydrogens is 357 g/mol. The number of fused-ring (bicyclic) bond motifs is 3. The van der Waals surface area contributed by atoms with Gasteiger partial charge in [-0.1, -0.05) is 57.0 Å². The zero-order valence-corrected chi connectivity index (χ0v) is 18.0. The summed E-state index contributed by atoms with van der Waals surface area (Å²) in [6, 6.07) is 18.5. The summed E-state index contributed by atoms with van der Waals surface area (Å²) >= 11 is 0. The van der Waals surface area contributed by atoms with Gasteiger partial charge in [-0.25, -0.2) is 4.39 Å². The Hall–Kier alpha value is -2.48. The number of aromatic nitrogens is 1. The van der Waals surface area contributed by atoms with E-state index in [0.29, 0.717) is 11.6 Å². The SMILES string of the molecule is CCCCC1(CC)c2cc(F)c(-c3ccccc3)cc2-c2ccc(C)c[n+]2C1C. The van der Waals surface area contributed by atoms with Gasteiger partial charge in [0.25, 0.3) is 0 Å². The van der Waals surface area contributed by atoms with Crippen LogP contribution in [0.5, 0.6) is 0 Å². The third-order valence-corrected chi connectivity index (χ3v) is 6.95. The van der Waals surface area contributed by atoms with Gasteiger partial charge in [-0.3, -0.25) is 0 Å². The molecule has 4 rings (SSSR count). The van der Waals surface area contributed by atoms with Gasteiger partial charge in [0.2, 0.25) is 5.69 Å². The van der Waals surface area contributed by atoms with Crippen LogP contribution in [0.2, 0.25) is 0 Å². The number of aryl methyl sites for hydroxylation is 1. The molecule has 0 N–H and O–H groups in total. The molecule has 0 spiro atoms. The van der Waals surface area contributed by atoms with Crippen molar-refractivity contribution in [3.63, 3.8) is 0 Å². The zero-order valence-electron chi connectivity index (χ0n) is 18.0. The molecule has 1 nitrogen and oxygen atoms in total. The number of hydrogen-bond acceptors (Lipinski definition) is 0. The van der Waals surface area contributed by atoms with Gasteiger partial charge in [-0.2, -0.15) is 4.57 Å². The molecule has 0 aliphatic carbocycles. The summed E-state index contributed by atoms with van der Waals surface area (Å²) in [4.78, 5) is 0. The second kappa shape index (κ2) is 7.74. The average molecular weight is 389 g/mol. The number of unbranched alkanes of at least 4 members (excludes halogenated alkanes) is 1. The quantitative estimate of drug-likeness (QED) is 0.408. The maximum Gasteiger partial charge on any atom is 0.213 e. The number of nitrogens with zero attached hydrogens (tertiary/aromatic N) is 1. The van der Waals surface area contributed by atoms with E-state index in [9.17, 15) is 0 Å². The van der Waals surface area contributed by atoms with Crippen LogP contribution in [0.15, 0.2) is 60.8 Å². The van der Waals surface area contributed by atoms with Crippen LogP contribution < -0.4 is 4.57 Å². The van der Waals surface area contributed by atoms with E-state index in [1.54, 1.807) is 0 Å². The van der Waals surface area contributed by atoms with Crippen LogP contribution in [-0.4, -0.2) is 0 Å². The minimum absolute atomic E-state index is 0.0487. The van der Waals surface area contributed by atoms with Crippen LogP contribution in [-0.2, 0) is 5.41 Å². The molecule has 3 aromatic rings. The minimum Gasteiger partial charge on any atom is -0.206 e. The molecule has 2 heteroatoms. The Morgan fingerprint density at radius 1 is 1.00 bits per heavy atom. The van der Waals surface area contributed by atoms with Crippen LogP contribution >= 0.6 is 0 Å². The smallest absolute Gasteiger partial charge is 0.206 e. The molecule has 2 atom stereocenters. The summed E-state index contributed by atoms with van der Waals surface area (Å²) in [5, 5.41) is 0. The predicted molar refractivity (Wildman–Crippen MR) is 118 cm³/mol. The van der Waals surface area contributed by atoms with Gasteiger partial charge in [-0.05, 0) is 56.0 Å². The van der Waals surface area contributed by atoms with Crippen molar-refractivity contribution in [3.8, 4) is 22.4 Å². The van der Waals surface area contributed by atoms with Crippen LogP contribution in [0.25, 0.3) is 22.4 Å². The van der Waals surface area contributed by atoms with Gasteiger partial charge >= 0.3 is 0 Å². The topological polar surface area (TPSA) is 3.88 Å². The Balaban J connectivity index is 2.01. The molecule has 0 amide bonds. The normalized spacial score (nSPS) is 20.2. The van der Waals surface area contributed by atoms with Gasteiger partial charge in [0, 0.05) is 17.2 Å². The monoisotopic (exact) mass is 388 g/mol. The largest absolute Gasteiger partial charge is 0.213 e. The fourth-order valence-corrected chi connectivity index (χ4v) is 5.20. The molecule has 1 aliphatic heterocycles. The lowest BCUT2D eigenvalue weighted by Crippen LogP contribution is -2.54. The highest BCUT2D eigenvalue weighted by molar-refractivity contribution is 5.75. The Bertz CT molecular complexity index is 1020. The van der Waals surface area contributed by atoms with Crippen molar-refractivity contribution in [1.82, 2.24) is 0 Å². The van der Waals surface area contributed by atoms with Crippen molar-refractivity contribution < 1.29 is 8.96 Å². The van der Waals surface area contributed by atoms with E-state index in [4.69, 9.17) is 0 Å². The number of pyridine rings is 1. The molecule has 1 aliphatic rings. The second-order valence-corrected chi connectivity index (χ2v) is 8.53. The first-order chi connectivity index (χ1) is 14.0. The Kier molecular flexibility index (Phi) is 5.29.